The van der Waals surface area contributed by atoms with E-state index in [0.717, 1.165) is 53.3 Å². The molecule has 0 N–H and O–H groups in total. The Bertz CT molecular complexity index is 1090. The highest BCUT2D eigenvalue weighted by atomic mass is 16.5. The zero-order chi connectivity index (χ0) is 20.8. The number of rotatable bonds is 9. The maximum atomic E-state index is 6.30. The van der Waals surface area contributed by atoms with Crippen molar-refractivity contribution in [1.29, 1.82) is 0 Å². The fourth-order valence-electron chi connectivity index (χ4n) is 3.68. The smallest absolute Gasteiger partial charge is 0.156 e. The van der Waals surface area contributed by atoms with Gasteiger partial charge in [-0.15, -0.1) is 0 Å². The maximum absolute atomic E-state index is 6.30. The standard InChI is InChI=1S/C26H28N2O2/c1-3-24(30-21-13-5-4-6-14-21)26-27-22-15-8-9-16-23(22)28(26)18-11-19-29-25-17-10-7-12-20(25)2/h4-10,12-17,24H,3,11,18-19H2,1-2H3. The van der Waals surface area contributed by atoms with Gasteiger partial charge in [0.05, 0.1) is 17.6 Å². The minimum absolute atomic E-state index is 0.0999. The first kappa shape index (κ1) is 20.0. The Labute approximate surface area is 178 Å². The van der Waals surface area contributed by atoms with E-state index in [0.29, 0.717) is 6.61 Å². The number of aromatic nitrogens is 2. The van der Waals surface area contributed by atoms with Crippen LogP contribution in [0.3, 0.4) is 0 Å². The van der Waals surface area contributed by atoms with E-state index in [9.17, 15) is 0 Å². The Morgan fingerprint density at radius 3 is 2.43 bits per heavy atom. The van der Waals surface area contributed by atoms with Crippen LogP contribution in [0.4, 0.5) is 0 Å². The highest BCUT2D eigenvalue weighted by Gasteiger charge is 2.20. The van der Waals surface area contributed by atoms with Gasteiger partial charge < -0.3 is 14.0 Å². The van der Waals surface area contributed by atoms with Crippen LogP contribution in [-0.2, 0) is 6.54 Å². The minimum atomic E-state index is -0.0999. The van der Waals surface area contributed by atoms with Gasteiger partial charge in [0.25, 0.3) is 0 Å². The summed E-state index contributed by atoms with van der Waals surface area (Å²) in [7, 11) is 0. The molecule has 0 radical (unpaired) electrons. The van der Waals surface area contributed by atoms with Crippen LogP contribution in [0.1, 0.15) is 37.3 Å². The second-order valence-electron chi connectivity index (χ2n) is 7.41. The zero-order valence-corrected chi connectivity index (χ0v) is 17.6. The van der Waals surface area contributed by atoms with Crippen molar-refractivity contribution < 1.29 is 9.47 Å². The quantitative estimate of drug-likeness (QED) is 0.307. The van der Waals surface area contributed by atoms with Gasteiger partial charge in [-0.05, 0) is 55.7 Å². The number of para-hydroxylation sites is 4. The van der Waals surface area contributed by atoms with Crippen molar-refractivity contribution in [3.8, 4) is 11.5 Å². The Morgan fingerprint density at radius 2 is 1.63 bits per heavy atom. The largest absolute Gasteiger partial charge is 0.493 e. The van der Waals surface area contributed by atoms with Crippen LogP contribution in [0, 0.1) is 6.92 Å². The second kappa shape index (κ2) is 9.49. The van der Waals surface area contributed by atoms with Crippen LogP contribution in [0.2, 0.25) is 0 Å². The number of fused-ring (bicyclic) bond motifs is 1. The van der Waals surface area contributed by atoms with E-state index in [2.05, 4.69) is 42.7 Å². The van der Waals surface area contributed by atoms with E-state index >= 15 is 0 Å². The fourth-order valence-corrected chi connectivity index (χ4v) is 3.68. The third kappa shape index (κ3) is 4.48. The number of hydrogen-bond acceptors (Lipinski definition) is 3. The zero-order valence-electron chi connectivity index (χ0n) is 17.6. The third-order valence-electron chi connectivity index (χ3n) is 5.24. The molecule has 0 aliphatic rings. The summed E-state index contributed by atoms with van der Waals surface area (Å²) in [4.78, 5) is 4.93. The van der Waals surface area contributed by atoms with Gasteiger partial charge in [-0.25, -0.2) is 4.98 Å². The molecule has 4 aromatic rings. The highest BCUT2D eigenvalue weighted by molar-refractivity contribution is 5.76. The topological polar surface area (TPSA) is 36.3 Å². The Morgan fingerprint density at radius 1 is 0.900 bits per heavy atom. The molecular formula is C26H28N2O2. The average Bonchev–Trinajstić information content (AvgIpc) is 3.15. The van der Waals surface area contributed by atoms with E-state index < -0.39 is 0 Å². The lowest BCUT2D eigenvalue weighted by Crippen LogP contribution is -2.15. The van der Waals surface area contributed by atoms with Gasteiger partial charge in [0.2, 0.25) is 0 Å². The lowest BCUT2D eigenvalue weighted by atomic mass is 10.2. The number of aryl methyl sites for hydroxylation is 2. The molecule has 0 saturated carbocycles. The SMILES string of the molecule is CCC(Oc1ccccc1)c1nc2ccccc2n1CCCOc1ccccc1C. The molecule has 0 aliphatic carbocycles. The average molecular weight is 401 g/mol. The number of imidazole rings is 1. The van der Waals surface area contributed by atoms with Crippen molar-refractivity contribution in [3.05, 3.63) is 90.3 Å². The Kier molecular flexibility index (Phi) is 6.33. The van der Waals surface area contributed by atoms with Gasteiger partial charge >= 0.3 is 0 Å². The third-order valence-corrected chi connectivity index (χ3v) is 5.24. The van der Waals surface area contributed by atoms with Gasteiger partial charge in [0.1, 0.15) is 11.5 Å². The molecule has 0 spiro atoms. The van der Waals surface area contributed by atoms with Crippen LogP contribution < -0.4 is 9.47 Å². The molecule has 3 aromatic carbocycles. The Balaban J connectivity index is 1.53. The number of benzene rings is 3. The van der Waals surface area contributed by atoms with Gasteiger partial charge in [-0.2, -0.15) is 0 Å². The lowest BCUT2D eigenvalue weighted by Gasteiger charge is -2.19. The van der Waals surface area contributed by atoms with E-state index in [-0.39, 0.29) is 6.10 Å². The molecule has 0 saturated heterocycles. The van der Waals surface area contributed by atoms with E-state index in [1.165, 1.54) is 0 Å². The lowest BCUT2D eigenvalue weighted by molar-refractivity contribution is 0.185. The number of nitrogens with zero attached hydrogens (tertiary/aromatic N) is 2. The van der Waals surface area contributed by atoms with Gasteiger partial charge in [-0.1, -0.05) is 55.5 Å². The summed E-state index contributed by atoms with van der Waals surface area (Å²) in [5, 5.41) is 0. The molecule has 30 heavy (non-hydrogen) atoms. The molecule has 0 aliphatic heterocycles. The normalized spacial score (nSPS) is 12.1. The molecule has 154 valence electrons. The molecular weight excluding hydrogens is 372 g/mol. The van der Waals surface area contributed by atoms with Crippen molar-refractivity contribution >= 4 is 11.0 Å². The highest BCUT2D eigenvalue weighted by Crippen LogP contribution is 2.28. The molecule has 0 bridgehead atoms. The van der Waals surface area contributed by atoms with Gasteiger partial charge in [0.15, 0.2) is 11.9 Å². The molecule has 1 unspecified atom stereocenters. The van der Waals surface area contributed by atoms with E-state index in [1.54, 1.807) is 0 Å². The summed E-state index contributed by atoms with van der Waals surface area (Å²) in [5.41, 5.74) is 3.30. The molecule has 4 nitrogen and oxygen atoms in total. The van der Waals surface area contributed by atoms with Crippen molar-refractivity contribution in [1.82, 2.24) is 9.55 Å². The summed E-state index contributed by atoms with van der Waals surface area (Å²) in [6, 6.07) is 26.4. The predicted molar refractivity (Wildman–Crippen MR) is 121 cm³/mol. The van der Waals surface area contributed by atoms with Crippen LogP contribution >= 0.6 is 0 Å². The van der Waals surface area contributed by atoms with Crippen molar-refractivity contribution in [2.45, 2.75) is 39.3 Å². The molecule has 4 heteroatoms. The molecule has 1 aromatic heterocycles. The van der Waals surface area contributed by atoms with Crippen LogP contribution in [0.25, 0.3) is 11.0 Å². The van der Waals surface area contributed by atoms with Crippen LogP contribution in [0.15, 0.2) is 78.9 Å². The van der Waals surface area contributed by atoms with Crippen LogP contribution in [-0.4, -0.2) is 16.2 Å². The summed E-state index contributed by atoms with van der Waals surface area (Å²) >= 11 is 0. The first-order valence-electron chi connectivity index (χ1n) is 10.6. The first-order chi connectivity index (χ1) is 14.8. The Hall–Kier alpha value is -3.27. The molecule has 1 atom stereocenters. The molecule has 1 heterocycles. The molecule has 4 rings (SSSR count). The van der Waals surface area contributed by atoms with Crippen LogP contribution in [0.5, 0.6) is 11.5 Å². The first-order valence-corrected chi connectivity index (χ1v) is 10.6. The summed E-state index contributed by atoms with van der Waals surface area (Å²) < 4.78 is 14.6. The van der Waals surface area contributed by atoms with Crippen molar-refractivity contribution in [2.24, 2.45) is 0 Å². The summed E-state index contributed by atoms with van der Waals surface area (Å²) in [5.74, 6) is 2.79. The monoisotopic (exact) mass is 400 g/mol. The summed E-state index contributed by atoms with van der Waals surface area (Å²) in [6.45, 7) is 5.70. The minimum Gasteiger partial charge on any atom is -0.493 e. The van der Waals surface area contributed by atoms with E-state index in [4.69, 9.17) is 14.5 Å². The fraction of sp³-hybridized carbons (Fsp3) is 0.269. The molecule has 0 fully saturated rings. The number of ether oxygens (including phenoxy) is 2. The molecule has 0 amide bonds. The van der Waals surface area contributed by atoms with Gasteiger partial charge in [0, 0.05) is 6.54 Å². The van der Waals surface area contributed by atoms with E-state index in [1.807, 2.05) is 54.6 Å². The number of hydrogen-bond donors (Lipinski definition) is 0. The summed E-state index contributed by atoms with van der Waals surface area (Å²) in [6.07, 6.45) is 1.64. The van der Waals surface area contributed by atoms with Crippen molar-refractivity contribution in [2.75, 3.05) is 6.61 Å². The van der Waals surface area contributed by atoms with Crippen molar-refractivity contribution in [3.63, 3.8) is 0 Å². The second-order valence-corrected chi connectivity index (χ2v) is 7.41. The van der Waals surface area contributed by atoms with Gasteiger partial charge in [-0.3, -0.25) is 0 Å². The predicted octanol–water partition coefficient (Wildman–Crippen LogP) is 6.34. The maximum Gasteiger partial charge on any atom is 0.156 e.